The van der Waals surface area contributed by atoms with Crippen LogP contribution in [-0.4, -0.2) is 37.2 Å². The first-order valence-corrected chi connectivity index (χ1v) is 10.8. The summed E-state index contributed by atoms with van der Waals surface area (Å²) in [5.74, 6) is -0.476. The van der Waals surface area contributed by atoms with Crippen molar-refractivity contribution >= 4 is 27.8 Å². The molecule has 160 valence electrons. The Labute approximate surface area is 176 Å². The average Bonchev–Trinajstić information content (AvgIpc) is 2.70. The number of rotatable bonds is 9. The fraction of sp³-hybridized carbons (Fsp3) is 0.318. The highest BCUT2D eigenvalue weighted by Crippen LogP contribution is 2.22. The summed E-state index contributed by atoms with van der Waals surface area (Å²) in [6.45, 7) is 5.23. The molecular weight excluding hydrogens is 406 g/mol. The first kappa shape index (κ1) is 23.3. The molecule has 7 nitrogen and oxygen atoms in total. The summed E-state index contributed by atoms with van der Waals surface area (Å²) < 4.78 is 36.2. The van der Waals surface area contributed by atoms with Crippen molar-refractivity contribution in [3.05, 3.63) is 60.2 Å². The van der Waals surface area contributed by atoms with Gasteiger partial charge in [-0.3, -0.25) is 5.41 Å². The number of carbonyl (C=O) groups is 2. The summed E-state index contributed by atoms with van der Waals surface area (Å²) in [7, 11) is -4.08. The molecule has 0 saturated heterocycles. The van der Waals surface area contributed by atoms with Crippen molar-refractivity contribution in [3.63, 3.8) is 0 Å². The van der Waals surface area contributed by atoms with E-state index in [1.807, 2.05) is 30.3 Å². The monoisotopic (exact) mass is 431 g/mol. The second kappa shape index (κ2) is 9.67. The zero-order chi connectivity index (χ0) is 22.4. The molecule has 0 radical (unpaired) electrons. The molecular formula is C22H25NO6S. The lowest BCUT2D eigenvalue weighted by atomic mass is 10.1. The molecule has 0 saturated carbocycles. The van der Waals surface area contributed by atoms with Crippen LogP contribution in [0.3, 0.4) is 0 Å². The molecule has 0 aliphatic rings. The third-order valence-corrected chi connectivity index (χ3v) is 6.01. The lowest BCUT2D eigenvalue weighted by Gasteiger charge is -2.20. The second-order valence-electron chi connectivity index (χ2n) is 7.65. The van der Waals surface area contributed by atoms with Crippen LogP contribution in [0.25, 0.3) is 0 Å². The first-order chi connectivity index (χ1) is 14.0. The summed E-state index contributed by atoms with van der Waals surface area (Å²) >= 11 is 0. The van der Waals surface area contributed by atoms with E-state index in [0.717, 1.165) is 5.56 Å². The Hall–Kier alpha value is -3.00. The van der Waals surface area contributed by atoms with Gasteiger partial charge in [-0.05, 0) is 50.6 Å². The van der Waals surface area contributed by atoms with Gasteiger partial charge < -0.3 is 14.3 Å². The van der Waals surface area contributed by atoms with Gasteiger partial charge in [-0.2, -0.15) is 0 Å². The van der Waals surface area contributed by atoms with Crippen LogP contribution in [0.2, 0.25) is 0 Å². The van der Waals surface area contributed by atoms with Crippen LogP contribution in [-0.2, 0) is 30.8 Å². The molecule has 0 aliphatic heterocycles. The van der Waals surface area contributed by atoms with E-state index in [0.29, 0.717) is 12.4 Å². The van der Waals surface area contributed by atoms with Crippen molar-refractivity contribution in [2.75, 3.05) is 0 Å². The number of benzene rings is 2. The maximum atomic E-state index is 12.8. The van der Waals surface area contributed by atoms with Gasteiger partial charge in [-0.25, -0.2) is 13.2 Å². The van der Waals surface area contributed by atoms with Crippen LogP contribution < -0.4 is 4.74 Å². The van der Waals surface area contributed by atoms with E-state index in [9.17, 15) is 18.0 Å². The number of esters is 1. The van der Waals surface area contributed by atoms with Gasteiger partial charge in [-0.1, -0.05) is 30.3 Å². The third kappa shape index (κ3) is 6.52. The van der Waals surface area contributed by atoms with E-state index in [4.69, 9.17) is 14.9 Å². The van der Waals surface area contributed by atoms with Gasteiger partial charge in [0.2, 0.25) is 0 Å². The molecule has 1 unspecified atom stereocenters. The zero-order valence-corrected chi connectivity index (χ0v) is 17.9. The van der Waals surface area contributed by atoms with Crippen molar-refractivity contribution in [1.82, 2.24) is 0 Å². The molecule has 2 aromatic carbocycles. The molecule has 0 spiro atoms. The Kier molecular flexibility index (Phi) is 7.50. The number of sulfone groups is 1. The molecule has 30 heavy (non-hydrogen) atoms. The molecule has 0 heterocycles. The quantitative estimate of drug-likeness (QED) is 0.370. The number of carbonyl (C=O) groups excluding carboxylic acids is 2. The molecule has 0 amide bonds. The Bertz CT molecular complexity index is 992. The van der Waals surface area contributed by atoms with Crippen LogP contribution >= 0.6 is 0 Å². The van der Waals surface area contributed by atoms with E-state index in [-0.39, 0.29) is 11.2 Å². The molecule has 1 N–H and O–H groups in total. The number of hydrogen-bond acceptors (Lipinski definition) is 7. The predicted octanol–water partition coefficient (Wildman–Crippen LogP) is 3.36. The van der Waals surface area contributed by atoms with Crippen LogP contribution in [0.15, 0.2) is 59.5 Å². The topological polar surface area (TPSA) is 111 Å². The molecule has 8 heteroatoms. The highest BCUT2D eigenvalue weighted by Gasteiger charge is 2.31. The summed E-state index contributed by atoms with van der Waals surface area (Å²) in [5, 5.41) is 6.24. The van der Waals surface area contributed by atoms with Gasteiger partial charge in [0.25, 0.3) is 0 Å². The minimum absolute atomic E-state index is 0.0938. The lowest BCUT2D eigenvalue weighted by molar-refractivity contribution is -0.146. The Morgan fingerprint density at radius 1 is 1.07 bits per heavy atom. The Morgan fingerprint density at radius 2 is 1.67 bits per heavy atom. The smallest absolute Gasteiger partial charge is 0.352 e. The van der Waals surface area contributed by atoms with Gasteiger partial charge in [-0.15, -0.1) is 0 Å². The molecule has 1 atom stereocenters. The van der Waals surface area contributed by atoms with E-state index in [1.165, 1.54) is 24.3 Å². The average molecular weight is 432 g/mol. The van der Waals surface area contributed by atoms with Crippen LogP contribution in [0.1, 0.15) is 32.8 Å². The first-order valence-electron chi connectivity index (χ1n) is 9.29. The predicted molar refractivity (Wildman–Crippen MR) is 112 cm³/mol. The zero-order valence-electron chi connectivity index (χ0n) is 17.1. The fourth-order valence-corrected chi connectivity index (χ4v) is 3.89. The van der Waals surface area contributed by atoms with Crippen molar-refractivity contribution in [2.24, 2.45) is 0 Å². The maximum Gasteiger partial charge on any atom is 0.352 e. The maximum absolute atomic E-state index is 12.8. The van der Waals surface area contributed by atoms with E-state index in [1.54, 1.807) is 20.8 Å². The minimum Gasteiger partial charge on any atom is -0.489 e. The van der Waals surface area contributed by atoms with Gasteiger partial charge >= 0.3 is 5.97 Å². The number of ether oxygens (including phenoxy) is 2. The number of aldehydes is 1. The molecule has 0 aromatic heterocycles. The summed E-state index contributed by atoms with van der Waals surface area (Å²) in [6, 6.07) is 15.2. The van der Waals surface area contributed by atoms with Crippen LogP contribution in [0, 0.1) is 5.41 Å². The van der Waals surface area contributed by atoms with Crippen molar-refractivity contribution in [1.29, 1.82) is 5.41 Å². The summed E-state index contributed by atoms with van der Waals surface area (Å²) in [5.41, 5.74) is -0.432. The fourth-order valence-electron chi connectivity index (χ4n) is 2.50. The van der Waals surface area contributed by atoms with E-state index < -0.39 is 38.8 Å². The van der Waals surface area contributed by atoms with Crippen molar-refractivity contribution in [3.8, 4) is 5.75 Å². The normalized spacial score (nSPS) is 12.6. The molecule has 0 fully saturated rings. The molecule has 2 aromatic rings. The SMILES string of the molecule is CC(C)(C)OC(=O)C(=N)CC(C=O)S(=O)(=O)c1ccc(OCc2ccccc2)cc1. The molecule has 0 aliphatic carbocycles. The Balaban J connectivity index is 2.07. The highest BCUT2D eigenvalue weighted by atomic mass is 32.2. The minimum atomic E-state index is -4.08. The van der Waals surface area contributed by atoms with Gasteiger partial charge in [0, 0.05) is 6.42 Å². The van der Waals surface area contributed by atoms with Gasteiger partial charge in [0.05, 0.1) is 4.90 Å². The summed E-state index contributed by atoms with van der Waals surface area (Å²) in [6.07, 6.45) is -0.332. The van der Waals surface area contributed by atoms with Crippen LogP contribution in [0.4, 0.5) is 0 Å². The Morgan fingerprint density at radius 3 is 2.20 bits per heavy atom. The number of nitrogens with one attached hydrogen (secondary N) is 1. The van der Waals surface area contributed by atoms with E-state index in [2.05, 4.69) is 0 Å². The number of hydrogen-bond donors (Lipinski definition) is 1. The standard InChI is InChI=1S/C22H25NO6S/c1-22(2,3)29-21(25)20(23)13-19(14-24)30(26,27)18-11-9-17(10-12-18)28-15-16-7-5-4-6-8-16/h4-12,14,19,23H,13,15H2,1-3H3. The molecule has 2 rings (SSSR count). The highest BCUT2D eigenvalue weighted by molar-refractivity contribution is 7.92. The lowest BCUT2D eigenvalue weighted by Crippen LogP contribution is -2.33. The third-order valence-electron chi connectivity index (χ3n) is 4.00. The summed E-state index contributed by atoms with van der Waals surface area (Å²) in [4.78, 5) is 23.3. The molecule has 0 bridgehead atoms. The van der Waals surface area contributed by atoms with Gasteiger partial charge in [0.1, 0.15) is 35.2 Å². The van der Waals surface area contributed by atoms with E-state index >= 15 is 0 Å². The second-order valence-corrected chi connectivity index (χ2v) is 9.82. The van der Waals surface area contributed by atoms with Crippen molar-refractivity contribution in [2.45, 2.75) is 49.5 Å². The van der Waals surface area contributed by atoms with Gasteiger partial charge in [0.15, 0.2) is 9.84 Å². The largest absolute Gasteiger partial charge is 0.489 e. The van der Waals surface area contributed by atoms with Crippen LogP contribution in [0.5, 0.6) is 5.75 Å². The van der Waals surface area contributed by atoms with Crippen molar-refractivity contribution < 1.29 is 27.5 Å².